The van der Waals surface area contributed by atoms with Crippen molar-refractivity contribution in [2.24, 2.45) is 5.92 Å². The average molecular weight is 401 g/mol. The lowest BCUT2D eigenvalue weighted by atomic mass is 9.87. The minimum absolute atomic E-state index is 0.109. The van der Waals surface area contributed by atoms with Crippen LogP contribution in [-0.2, 0) is 30.4 Å². The van der Waals surface area contributed by atoms with Crippen LogP contribution in [0, 0.1) is 5.92 Å². The molecule has 1 fully saturated rings. The first kappa shape index (κ1) is 21.0. The summed E-state index contributed by atoms with van der Waals surface area (Å²) in [4.78, 5) is 13.9. The second-order valence-electron chi connectivity index (χ2n) is 8.94. The number of carbonyl (C=O) groups is 1. The van der Waals surface area contributed by atoms with E-state index in [1.165, 1.54) is 28.8 Å². The largest absolute Gasteiger partial charge is 0.444 e. The van der Waals surface area contributed by atoms with Crippen LogP contribution in [0.1, 0.15) is 76.2 Å². The molecule has 158 valence electrons. The molecular weight excluding hydrogens is 371 g/mol. The van der Waals surface area contributed by atoms with Crippen molar-refractivity contribution in [3.8, 4) is 0 Å². The Morgan fingerprint density at radius 3 is 2.46 bits per heavy atom. The summed E-state index contributed by atoms with van der Waals surface area (Å²) >= 11 is 0. The lowest BCUT2D eigenvalue weighted by molar-refractivity contribution is -0.142. The highest BCUT2D eigenvalue weighted by molar-refractivity contribution is 5.68. The normalized spacial score (nSPS) is 18.9. The number of rotatable bonds is 3. The lowest BCUT2D eigenvalue weighted by Crippen LogP contribution is -2.40. The van der Waals surface area contributed by atoms with Gasteiger partial charge in [-0.15, -0.1) is 0 Å². The van der Waals surface area contributed by atoms with Gasteiger partial charge in [0, 0.05) is 18.7 Å². The number of aryl methyl sites for hydroxylation is 1. The van der Waals surface area contributed by atoms with E-state index in [1.54, 1.807) is 20.8 Å². The molecule has 8 heteroatoms. The third-order valence-corrected chi connectivity index (χ3v) is 5.53. The van der Waals surface area contributed by atoms with E-state index in [-0.39, 0.29) is 25.1 Å². The highest BCUT2D eigenvalue weighted by Gasteiger charge is 2.41. The van der Waals surface area contributed by atoms with Gasteiger partial charge in [0.1, 0.15) is 5.60 Å². The first-order valence-corrected chi connectivity index (χ1v) is 10.2. The predicted octanol–water partition coefficient (Wildman–Crippen LogP) is 5.17. The molecule has 0 atom stereocenters. The van der Waals surface area contributed by atoms with E-state index in [4.69, 9.17) is 4.74 Å². The standard InChI is InChI=1S/C20H30F3N3O2/c1-19(2,3)28-18(27)25-11-10-15-16(13-25)26(24-17(15)20(21,22)23)12-9-14-7-5-4-6-8-14/h14H,4-13H2,1-3H3. The van der Waals surface area contributed by atoms with E-state index in [0.29, 0.717) is 18.2 Å². The summed E-state index contributed by atoms with van der Waals surface area (Å²) in [5.41, 5.74) is -0.707. The highest BCUT2D eigenvalue weighted by Crippen LogP contribution is 2.36. The zero-order valence-corrected chi connectivity index (χ0v) is 16.9. The second-order valence-corrected chi connectivity index (χ2v) is 8.94. The van der Waals surface area contributed by atoms with Crippen molar-refractivity contribution in [1.29, 1.82) is 0 Å². The molecule has 0 unspecified atom stereocenters. The van der Waals surface area contributed by atoms with Crippen molar-refractivity contribution in [2.75, 3.05) is 6.54 Å². The summed E-state index contributed by atoms with van der Waals surface area (Å²) in [6.07, 6.45) is 1.92. The summed E-state index contributed by atoms with van der Waals surface area (Å²) in [6, 6.07) is 0. The van der Waals surface area contributed by atoms with Crippen LogP contribution in [0.25, 0.3) is 0 Å². The van der Waals surface area contributed by atoms with E-state index in [1.807, 2.05) is 0 Å². The van der Waals surface area contributed by atoms with E-state index in [2.05, 4.69) is 5.10 Å². The van der Waals surface area contributed by atoms with Gasteiger partial charge in [0.25, 0.3) is 0 Å². The minimum Gasteiger partial charge on any atom is -0.444 e. The Morgan fingerprint density at radius 2 is 1.86 bits per heavy atom. The van der Waals surface area contributed by atoms with Gasteiger partial charge in [0.15, 0.2) is 5.69 Å². The van der Waals surface area contributed by atoms with E-state index >= 15 is 0 Å². The molecule has 5 nitrogen and oxygen atoms in total. The number of hydrogen-bond acceptors (Lipinski definition) is 3. The molecule has 1 aromatic rings. The van der Waals surface area contributed by atoms with Crippen LogP contribution in [0.4, 0.5) is 18.0 Å². The number of amides is 1. The van der Waals surface area contributed by atoms with Crippen molar-refractivity contribution < 1.29 is 22.7 Å². The van der Waals surface area contributed by atoms with Gasteiger partial charge in [-0.25, -0.2) is 4.79 Å². The van der Waals surface area contributed by atoms with Gasteiger partial charge >= 0.3 is 12.3 Å². The van der Waals surface area contributed by atoms with E-state index < -0.39 is 23.6 Å². The third-order valence-electron chi connectivity index (χ3n) is 5.53. The maximum absolute atomic E-state index is 13.5. The monoisotopic (exact) mass is 401 g/mol. The molecule has 1 amide bonds. The zero-order valence-electron chi connectivity index (χ0n) is 16.9. The SMILES string of the molecule is CC(C)(C)OC(=O)N1CCc2c(C(F)(F)F)nn(CCC3CCCCC3)c2C1. The Kier molecular flexibility index (Phi) is 5.96. The summed E-state index contributed by atoms with van der Waals surface area (Å²) in [7, 11) is 0. The number of hydrogen-bond donors (Lipinski definition) is 0. The van der Waals surface area contributed by atoms with Gasteiger partial charge in [-0.1, -0.05) is 32.1 Å². The molecule has 0 aromatic carbocycles. The Labute approximate surface area is 164 Å². The molecule has 2 heterocycles. The average Bonchev–Trinajstić information content (AvgIpc) is 2.97. The Morgan fingerprint density at radius 1 is 1.18 bits per heavy atom. The fraction of sp³-hybridized carbons (Fsp3) is 0.800. The third kappa shape index (κ3) is 5.00. The molecule has 3 rings (SSSR count). The molecule has 1 saturated carbocycles. The quantitative estimate of drug-likeness (QED) is 0.702. The Hall–Kier alpha value is -1.73. The van der Waals surface area contributed by atoms with Crippen LogP contribution in [-0.4, -0.2) is 32.9 Å². The molecule has 0 radical (unpaired) electrons. The maximum Gasteiger partial charge on any atom is 0.435 e. The summed E-state index contributed by atoms with van der Waals surface area (Å²) in [5, 5.41) is 3.93. The molecule has 1 aromatic heterocycles. The van der Waals surface area contributed by atoms with Crippen molar-refractivity contribution in [1.82, 2.24) is 14.7 Å². The molecule has 0 spiro atoms. The summed E-state index contributed by atoms with van der Waals surface area (Å²) < 4.78 is 47.3. The highest BCUT2D eigenvalue weighted by atomic mass is 19.4. The van der Waals surface area contributed by atoms with Crippen LogP contribution in [0.15, 0.2) is 0 Å². The van der Waals surface area contributed by atoms with Gasteiger partial charge in [-0.2, -0.15) is 18.3 Å². The summed E-state index contributed by atoms with van der Waals surface area (Å²) in [5.74, 6) is 0.550. The van der Waals surface area contributed by atoms with E-state index in [0.717, 1.165) is 19.3 Å². The summed E-state index contributed by atoms with van der Waals surface area (Å²) in [6.45, 7) is 6.10. The van der Waals surface area contributed by atoms with Crippen molar-refractivity contribution in [2.45, 2.75) is 90.6 Å². The predicted molar refractivity (Wildman–Crippen MR) is 98.8 cm³/mol. The van der Waals surface area contributed by atoms with Gasteiger partial charge in [-0.3, -0.25) is 4.68 Å². The molecule has 0 saturated heterocycles. The van der Waals surface area contributed by atoms with Crippen LogP contribution >= 0.6 is 0 Å². The van der Waals surface area contributed by atoms with Gasteiger partial charge in [0.2, 0.25) is 0 Å². The molecule has 2 aliphatic rings. The molecule has 28 heavy (non-hydrogen) atoms. The van der Waals surface area contributed by atoms with Gasteiger partial charge in [0.05, 0.1) is 12.2 Å². The number of nitrogens with zero attached hydrogens (tertiary/aromatic N) is 3. The fourth-order valence-electron chi connectivity index (χ4n) is 4.16. The number of alkyl halides is 3. The number of halogens is 3. The minimum atomic E-state index is -4.48. The lowest BCUT2D eigenvalue weighted by Gasteiger charge is -2.30. The number of aromatic nitrogens is 2. The Bertz CT molecular complexity index is 701. The van der Waals surface area contributed by atoms with Crippen molar-refractivity contribution >= 4 is 6.09 Å². The number of ether oxygens (including phenoxy) is 1. The zero-order chi connectivity index (χ0) is 20.5. The van der Waals surface area contributed by atoms with Crippen LogP contribution in [0.3, 0.4) is 0 Å². The molecule has 1 aliphatic carbocycles. The topological polar surface area (TPSA) is 47.4 Å². The number of fused-ring (bicyclic) bond motifs is 1. The maximum atomic E-state index is 13.5. The second kappa shape index (κ2) is 7.95. The first-order valence-electron chi connectivity index (χ1n) is 10.2. The van der Waals surface area contributed by atoms with Crippen molar-refractivity contribution in [3.63, 3.8) is 0 Å². The number of carbonyl (C=O) groups excluding carboxylic acids is 1. The van der Waals surface area contributed by atoms with E-state index in [9.17, 15) is 18.0 Å². The molecular formula is C20H30F3N3O2. The Balaban J connectivity index is 1.79. The fourth-order valence-corrected chi connectivity index (χ4v) is 4.16. The van der Waals surface area contributed by atoms with Crippen LogP contribution in [0.5, 0.6) is 0 Å². The van der Waals surface area contributed by atoms with Crippen LogP contribution < -0.4 is 0 Å². The van der Waals surface area contributed by atoms with Crippen molar-refractivity contribution in [3.05, 3.63) is 17.0 Å². The molecule has 0 N–H and O–H groups in total. The molecule has 1 aliphatic heterocycles. The first-order chi connectivity index (χ1) is 13.0. The van der Waals surface area contributed by atoms with Gasteiger partial charge < -0.3 is 9.64 Å². The van der Waals surface area contributed by atoms with Crippen LogP contribution in [0.2, 0.25) is 0 Å². The van der Waals surface area contributed by atoms with Gasteiger partial charge in [-0.05, 0) is 39.5 Å². The smallest absolute Gasteiger partial charge is 0.435 e. The molecule has 0 bridgehead atoms.